The fourth-order valence-corrected chi connectivity index (χ4v) is 1.97. The Bertz CT molecular complexity index is 570. The van der Waals surface area contributed by atoms with Gasteiger partial charge in [-0.1, -0.05) is 35.3 Å². The summed E-state index contributed by atoms with van der Waals surface area (Å²) in [6, 6.07) is 11.0. The van der Waals surface area contributed by atoms with Gasteiger partial charge in [-0.3, -0.25) is 0 Å². The molecule has 2 aromatic rings. The third kappa shape index (κ3) is 3.09. The van der Waals surface area contributed by atoms with Gasteiger partial charge in [0.05, 0.1) is 0 Å². The zero-order chi connectivity index (χ0) is 13.1. The summed E-state index contributed by atoms with van der Waals surface area (Å²) in [6.45, 7) is 2.34. The topological polar surface area (TPSA) is 35.2 Å². The predicted octanol–water partition coefficient (Wildman–Crippen LogP) is 4.46. The second-order valence-corrected chi connectivity index (χ2v) is 4.89. The highest BCUT2D eigenvalue weighted by Crippen LogP contribution is 2.24. The zero-order valence-electron chi connectivity index (χ0n) is 9.91. The minimum Gasteiger partial charge on any atom is -0.489 e. The summed E-state index contributed by atoms with van der Waals surface area (Å²) in [5.74, 6) is 0.726. The van der Waals surface area contributed by atoms with Crippen molar-refractivity contribution in [2.75, 3.05) is 5.73 Å². The van der Waals surface area contributed by atoms with E-state index in [-0.39, 0.29) is 0 Å². The normalized spacial score (nSPS) is 10.4. The number of nitrogen functional groups attached to an aromatic ring is 1. The van der Waals surface area contributed by atoms with E-state index >= 15 is 0 Å². The molecule has 0 atom stereocenters. The van der Waals surface area contributed by atoms with Crippen LogP contribution >= 0.6 is 23.2 Å². The van der Waals surface area contributed by atoms with Crippen molar-refractivity contribution in [1.82, 2.24) is 0 Å². The van der Waals surface area contributed by atoms with Crippen LogP contribution in [0.5, 0.6) is 5.75 Å². The van der Waals surface area contributed by atoms with Crippen molar-refractivity contribution in [2.45, 2.75) is 13.5 Å². The molecule has 0 unspecified atom stereocenters. The Hall–Kier alpha value is -1.38. The van der Waals surface area contributed by atoms with Crippen LogP contribution in [0.4, 0.5) is 5.69 Å². The fourth-order valence-electron chi connectivity index (χ4n) is 1.51. The molecule has 0 radical (unpaired) electrons. The number of ether oxygens (including phenoxy) is 1. The van der Waals surface area contributed by atoms with E-state index in [2.05, 4.69) is 0 Å². The molecular formula is C14H13Cl2NO. The maximum absolute atomic E-state index is 6.06. The quantitative estimate of drug-likeness (QED) is 0.843. The number of hydrogen-bond donors (Lipinski definition) is 1. The van der Waals surface area contributed by atoms with E-state index in [4.69, 9.17) is 33.7 Å². The second-order valence-electron chi connectivity index (χ2n) is 4.04. The van der Waals surface area contributed by atoms with Crippen LogP contribution in [0.2, 0.25) is 10.0 Å². The van der Waals surface area contributed by atoms with Gasteiger partial charge in [-0.15, -0.1) is 0 Å². The summed E-state index contributed by atoms with van der Waals surface area (Å²) in [6.07, 6.45) is 0. The number of rotatable bonds is 3. The van der Waals surface area contributed by atoms with Crippen molar-refractivity contribution < 1.29 is 4.74 Å². The summed E-state index contributed by atoms with van der Waals surface area (Å²) in [4.78, 5) is 0. The molecule has 0 heterocycles. The highest BCUT2D eigenvalue weighted by molar-refractivity contribution is 6.35. The lowest BCUT2D eigenvalue weighted by Crippen LogP contribution is -1.97. The number of benzene rings is 2. The first-order chi connectivity index (χ1) is 8.56. The Labute approximate surface area is 116 Å². The average Bonchev–Trinajstić information content (AvgIpc) is 2.32. The second kappa shape index (κ2) is 5.51. The van der Waals surface area contributed by atoms with Gasteiger partial charge in [0.2, 0.25) is 0 Å². The number of hydrogen-bond acceptors (Lipinski definition) is 2. The van der Waals surface area contributed by atoms with Crippen LogP contribution in [-0.4, -0.2) is 0 Å². The van der Waals surface area contributed by atoms with E-state index in [1.807, 2.05) is 25.1 Å². The third-order valence-corrected chi connectivity index (χ3v) is 3.25. The summed E-state index contributed by atoms with van der Waals surface area (Å²) in [5.41, 5.74) is 8.46. The molecule has 0 aliphatic rings. The molecule has 4 heteroatoms. The minimum atomic E-state index is 0.387. The predicted molar refractivity (Wildman–Crippen MR) is 76.4 cm³/mol. The standard InChI is InChI=1S/C14H13Cl2NO/c1-9-2-5-12(7-14(9)17)18-8-10-3-4-11(15)6-13(10)16/h2-7H,8,17H2,1H3. The Morgan fingerprint density at radius 3 is 2.56 bits per heavy atom. The van der Waals surface area contributed by atoms with Crippen LogP contribution in [-0.2, 0) is 6.61 Å². The molecule has 0 bridgehead atoms. The van der Waals surface area contributed by atoms with Crippen LogP contribution in [0.15, 0.2) is 36.4 Å². The number of halogens is 2. The van der Waals surface area contributed by atoms with Gasteiger partial charge in [-0.05, 0) is 30.7 Å². The molecule has 2 aromatic carbocycles. The summed E-state index contributed by atoms with van der Waals surface area (Å²) in [7, 11) is 0. The smallest absolute Gasteiger partial charge is 0.121 e. The Morgan fingerprint density at radius 1 is 1.11 bits per heavy atom. The lowest BCUT2D eigenvalue weighted by Gasteiger charge is -2.09. The molecule has 0 aliphatic heterocycles. The number of aryl methyl sites for hydroxylation is 1. The van der Waals surface area contributed by atoms with E-state index in [0.717, 1.165) is 22.6 Å². The molecule has 0 aromatic heterocycles. The SMILES string of the molecule is Cc1ccc(OCc2ccc(Cl)cc2Cl)cc1N. The molecular weight excluding hydrogens is 269 g/mol. The fraction of sp³-hybridized carbons (Fsp3) is 0.143. The van der Waals surface area contributed by atoms with Gasteiger partial charge in [-0.25, -0.2) is 0 Å². The number of anilines is 1. The third-order valence-electron chi connectivity index (χ3n) is 2.66. The van der Waals surface area contributed by atoms with Crippen LogP contribution in [0.1, 0.15) is 11.1 Å². The van der Waals surface area contributed by atoms with Gasteiger partial charge in [0.25, 0.3) is 0 Å². The van der Waals surface area contributed by atoms with Crippen molar-refractivity contribution >= 4 is 28.9 Å². The van der Waals surface area contributed by atoms with E-state index in [1.54, 1.807) is 18.2 Å². The molecule has 18 heavy (non-hydrogen) atoms. The van der Waals surface area contributed by atoms with Gasteiger partial charge >= 0.3 is 0 Å². The first-order valence-corrected chi connectivity index (χ1v) is 6.24. The van der Waals surface area contributed by atoms with E-state index < -0.39 is 0 Å². The molecule has 94 valence electrons. The number of nitrogens with two attached hydrogens (primary N) is 1. The first-order valence-electron chi connectivity index (χ1n) is 5.49. The molecule has 2 rings (SSSR count). The van der Waals surface area contributed by atoms with Crippen molar-refractivity contribution in [2.24, 2.45) is 0 Å². The largest absolute Gasteiger partial charge is 0.489 e. The van der Waals surface area contributed by atoms with Gasteiger partial charge in [-0.2, -0.15) is 0 Å². The highest BCUT2D eigenvalue weighted by Gasteiger charge is 2.03. The van der Waals surface area contributed by atoms with Crippen LogP contribution in [0, 0.1) is 6.92 Å². The molecule has 0 fully saturated rings. The maximum Gasteiger partial charge on any atom is 0.121 e. The Morgan fingerprint density at radius 2 is 1.89 bits per heavy atom. The van der Waals surface area contributed by atoms with E-state index in [1.165, 1.54) is 0 Å². The highest BCUT2D eigenvalue weighted by atomic mass is 35.5. The van der Waals surface area contributed by atoms with Gasteiger partial charge in [0.15, 0.2) is 0 Å². The summed E-state index contributed by atoms with van der Waals surface area (Å²) >= 11 is 11.9. The molecule has 2 N–H and O–H groups in total. The monoisotopic (exact) mass is 281 g/mol. The summed E-state index contributed by atoms with van der Waals surface area (Å²) in [5, 5.41) is 1.21. The van der Waals surface area contributed by atoms with E-state index in [9.17, 15) is 0 Å². The van der Waals surface area contributed by atoms with Crippen molar-refractivity contribution in [3.05, 3.63) is 57.6 Å². The van der Waals surface area contributed by atoms with Crippen LogP contribution < -0.4 is 10.5 Å². The average molecular weight is 282 g/mol. The molecule has 0 saturated carbocycles. The lowest BCUT2D eigenvalue weighted by atomic mass is 10.2. The Kier molecular flexibility index (Phi) is 4.00. The molecule has 0 amide bonds. The van der Waals surface area contributed by atoms with Crippen molar-refractivity contribution in [3.63, 3.8) is 0 Å². The van der Waals surface area contributed by atoms with Gasteiger partial charge in [0, 0.05) is 27.4 Å². The lowest BCUT2D eigenvalue weighted by molar-refractivity contribution is 0.306. The molecule has 2 nitrogen and oxygen atoms in total. The van der Waals surface area contributed by atoms with Crippen molar-refractivity contribution in [1.29, 1.82) is 0 Å². The Balaban J connectivity index is 2.09. The zero-order valence-corrected chi connectivity index (χ0v) is 11.4. The van der Waals surface area contributed by atoms with Crippen LogP contribution in [0.25, 0.3) is 0 Å². The van der Waals surface area contributed by atoms with E-state index in [0.29, 0.717) is 16.7 Å². The summed E-state index contributed by atoms with van der Waals surface area (Å²) < 4.78 is 5.64. The molecule has 0 aliphatic carbocycles. The first kappa shape index (κ1) is 13.1. The van der Waals surface area contributed by atoms with Crippen molar-refractivity contribution in [3.8, 4) is 5.75 Å². The van der Waals surface area contributed by atoms with Crippen LogP contribution in [0.3, 0.4) is 0 Å². The molecule has 0 saturated heterocycles. The maximum atomic E-state index is 6.06. The minimum absolute atomic E-state index is 0.387. The van der Waals surface area contributed by atoms with Gasteiger partial charge in [0.1, 0.15) is 12.4 Å². The molecule has 0 spiro atoms. The van der Waals surface area contributed by atoms with Gasteiger partial charge < -0.3 is 10.5 Å².